The first-order chi connectivity index (χ1) is 11.9. The molecule has 2 aromatic carbocycles. The van der Waals surface area contributed by atoms with Crippen molar-refractivity contribution in [3.8, 4) is 0 Å². The van der Waals surface area contributed by atoms with E-state index in [0.29, 0.717) is 39.9 Å². The van der Waals surface area contributed by atoms with Crippen LogP contribution in [0.5, 0.6) is 0 Å². The fraction of sp³-hybridized carbons (Fsp3) is 0.263. The first-order valence-corrected chi connectivity index (χ1v) is 8.89. The summed E-state index contributed by atoms with van der Waals surface area (Å²) in [5.74, 6) is 0.329. The van der Waals surface area contributed by atoms with Crippen LogP contribution in [0.4, 0.5) is 4.39 Å². The van der Waals surface area contributed by atoms with Crippen LogP contribution in [0.2, 0.25) is 0 Å². The Morgan fingerprint density at radius 1 is 1.20 bits per heavy atom. The monoisotopic (exact) mass is 403 g/mol. The number of para-hydroxylation sites is 1. The second-order valence-corrected chi connectivity index (χ2v) is 7.18. The molecule has 0 radical (unpaired) electrons. The number of aromatic amines is 1. The molecule has 0 saturated carbocycles. The maximum Gasteiger partial charge on any atom is 0.258 e. The topological polar surface area (TPSA) is 49.0 Å². The number of aromatic nitrogens is 2. The molecule has 3 aromatic rings. The summed E-state index contributed by atoms with van der Waals surface area (Å²) >= 11 is 3.27. The number of halogens is 2. The van der Waals surface area contributed by atoms with Crippen LogP contribution in [-0.4, -0.2) is 20.9 Å². The number of hydrogen-bond acceptors (Lipinski definition) is 3. The van der Waals surface area contributed by atoms with Crippen molar-refractivity contribution in [1.82, 2.24) is 14.9 Å². The van der Waals surface area contributed by atoms with E-state index < -0.39 is 0 Å². The van der Waals surface area contributed by atoms with Crippen LogP contribution in [0.1, 0.15) is 25.2 Å². The Kier molecular flexibility index (Phi) is 5.30. The molecule has 0 aliphatic heterocycles. The van der Waals surface area contributed by atoms with Crippen molar-refractivity contribution in [2.24, 2.45) is 0 Å². The summed E-state index contributed by atoms with van der Waals surface area (Å²) in [5, 5.41) is 0.571. The van der Waals surface area contributed by atoms with Crippen molar-refractivity contribution in [2.45, 2.75) is 33.0 Å². The summed E-state index contributed by atoms with van der Waals surface area (Å²) in [6.07, 6.45) is 0. The predicted octanol–water partition coefficient (Wildman–Crippen LogP) is 4.24. The van der Waals surface area contributed by atoms with Gasteiger partial charge >= 0.3 is 0 Å². The summed E-state index contributed by atoms with van der Waals surface area (Å²) < 4.78 is 14.9. The van der Waals surface area contributed by atoms with Gasteiger partial charge in [-0.25, -0.2) is 9.37 Å². The molecule has 0 atom stereocenters. The van der Waals surface area contributed by atoms with Crippen LogP contribution < -0.4 is 5.56 Å². The lowest BCUT2D eigenvalue weighted by molar-refractivity contribution is 0.196. The van der Waals surface area contributed by atoms with Crippen molar-refractivity contribution < 1.29 is 4.39 Å². The highest BCUT2D eigenvalue weighted by Crippen LogP contribution is 2.19. The van der Waals surface area contributed by atoms with Crippen LogP contribution in [0.15, 0.2) is 51.7 Å². The van der Waals surface area contributed by atoms with Gasteiger partial charge in [-0.3, -0.25) is 9.69 Å². The normalized spacial score (nSPS) is 11.6. The van der Waals surface area contributed by atoms with Crippen molar-refractivity contribution >= 4 is 26.8 Å². The van der Waals surface area contributed by atoms with E-state index in [-0.39, 0.29) is 17.4 Å². The minimum atomic E-state index is -0.250. The largest absolute Gasteiger partial charge is 0.309 e. The van der Waals surface area contributed by atoms with Crippen LogP contribution in [0.3, 0.4) is 0 Å². The van der Waals surface area contributed by atoms with E-state index in [1.54, 1.807) is 12.1 Å². The molecule has 4 nitrogen and oxygen atoms in total. The number of nitrogens with zero attached hydrogens (tertiary/aromatic N) is 2. The molecule has 3 rings (SSSR count). The fourth-order valence-corrected chi connectivity index (χ4v) is 3.03. The summed E-state index contributed by atoms with van der Waals surface area (Å²) in [6.45, 7) is 4.95. The van der Waals surface area contributed by atoms with Gasteiger partial charge in [0.2, 0.25) is 0 Å². The maximum absolute atomic E-state index is 14.2. The second-order valence-electron chi connectivity index (χ2n) is 6.26. The van der Waals surface area contributed by atoms with E-state index in [4.69, 9.17) is 0 Å². The Balaban J connectivity index is 1.88. The molecule has 1 N–H and O–H groups in total. The average Bonchev–Trinajstić information content (AvgIpc) is 2.56. The zero-order valence-electron chi connectivity index (χ0n) is 14.1. The molecule has 0 spiro atoms. The van der Waals surface area contributed by atoms with Gasteiger partial charge in [-0.1, -0.05) is 34.1 Å². The van der Waals surface area contributed by atoms with Gasteiger partial charge in [0.05, 0.1) is 17.4 Å². The molecule has 1 heterocycles. The summed E-state index contributed by atoms with van der Waals surface area (Å²) in [6, 6.07) is 12.5. The summed E-state index contributed by atoms with van der Waals surface area (Å²) in [5.41, 5.74) is 1.12. The lowest BCUT2D eigenvalue weighted by Crippen LogP contribution is -2.31. The highest BCUT2D eigenvalue weighted by atomic mass is 79.9. The zero-order chi connectivity index (χ0) is 18.0. The molecular formula is C19H19BrFN3O. The molecule has 0 saturated heterocycles. The van der Waals surface area contributed by atoms with Crippen LogP contribution in [-0.2, 0) is 13.1 Å². The number of rotatable bonds is 5. The third-order valence-corrected chi connectivity index (χ3v) is 4.63. The van der Waals surface area contributed by atoms with Gasteiger partial charge in [0, 0.05) is 22.6 Å². The minimum absolute atomic E-state index is 0.154. The van der Waals surface area contributed by atoms with Gasteiger partial charge in [-0.15, -0.1) is 0 Å². The predicted molar refractivity (Wildman–Crippen MR) is 101 cm³/mol. The molecule has 1 aromatic heterocycles. The van der Waals surface area contributed by atoms with Crippen LogP contribution in [0, 0.1) is 5.82 Å². The molecule has 0 aliphatic rings. The van der Waals surface area contributed by atoms with Gasteiger partial charge in [0.1, 0.15) is 11.6 Å². The summed E-state index contributed by atoms with van der Waals surface area (Å²) in [7, 11) is 0. The minimum Gasteiger partial charge on any atom is -0.309 e. The zero-order valence-corrected chi connectivity index (χ0v) is 15.7. The molecule has 6 heteroatoms. The number of nitrogens with one attached hydrogen (secondary N) is 1. The van der Waals surface area contributed by atoms with Crippen molar-refractivity contribution in [3.63, 3.8) is 0 Å². The smallest absolute Gasteiger partial charge is 0.258 e. The van der Waals surface area contributed by atoms with E-state index in [9.17, 15) is 9.18 Å². The van der Waals surface area contributed by atoms with Crippen molar-refractivity contribution in [1.29, 1.82) is 0 Å². The quantitative estimate of drug-likeness (QED) is 0.692. The highest BCUT2D eigenvalue weighted by Gasteiger charge is 2.15. The van der Waals surface area contributed by atoms with Gasteiger partial charge in [0.25, 0.3) is 5.56 Å². The molecular weight excluding hydrogens is 385 g/mol. The van der Waals surface area contributed by atoms with E-state index >= 15 is 0 Å². The Labute approximate surface area is 153 Å². The average molecular weight is 404 g/mol. The second kappa shape index (κ2) is 7.45. The number of benzene rings is 2. The summed E-state index contributed by atoms with van der Waals surface area (Å²) in [4.78, 5) is 21.7. The van der Waals surface area contributed by atoms with Gasteiger partial charge < -0.3 is 4.98 Å². The molecule has 25 heavy (non-hydrogen) atoms. The Morgan fingerprint density at radius 2 is 1.96 bits per heavy atom. The molecule has 0 amide bonds. The molecule has 0 bridgehead atoms. The number of fused-ring (bicyclic) bond motifs is 1. The molecule has 0 fully saturated rings. The highest BCUT2D eigenvalue weighted by molar-refractivity contribution is 9.10. The van der Waals surface area contributed by atoms with Gasteiger partial charge in [0.15, 0.2) is 0 Å². The van der Waals surface area contributed by atoms with E-state index in [1.165, 1.54) is 6.07 Å². The Morgan fingerprint density at radius 3 is 2.68 bits per heavy atom. The van der Waals surface area contributed by atoms with Gasteiger partial charge in [-0.05, 0) is 38.1 Å². The SMILES string of the molecule is CC(C)N(Cc1nc2ccccc2c(=O)[nH]1)Cc1ccc(Br)cc1F. The Bertz CT molecular complexity index is 955. The molecule has 0 aliphatic carbocycles. The Hall–Kier alpha value is -2.05. The van der Waals surface area contributed by atoms with E-state index in [2.05, 4.69) is 30.8 Å². The number of hydrogen-bond donors (Lipinski definition) is 1. The van der Waals surface area contributed by atoms with E-state index in [0.717, 1.165) is 0 Å². The lowest BCUT2D eigenvalue weighted by Gasteiger charge is -2.26. The van der Waals surface area contributed by atoms with Gasteiger partial charge in [-0.2, -0.15) is 0 Å². The van der Waals surface area contributed by atoms with E-state index in [1.807, 2.05) is 38.1 Å². The first-order valence-electron chi connectivity index (χ1n) is 8.10. The van der Waals surface area contributed by atoms with Crippen LogP contribution in [0.25, 0.3) is 10.9 Å². The van der Waals surface area contributed by atoms with Crippen molar-refractivity contribution in [2.75, 3.05) is 0 Å². The molecule has 0 unspecified atom stereocenters. The maximum atomic E-state index is 14.2. The molecule has 130 valence electrons. The third kappa shape index (κ3) is 4.14. The fourth-order valence-electron chi connectivity index (χ4n) is 2.69. The number of H-pyrrole nitrogens is 1. The first kappa shape index (κ1) is 17.8. The third-order valence-electron chi connectivity index (χ3n) is 4.13. The standard InChI is InChI=1S/C19H19BrFN3O/c1-12(2)24(10-13-7-8-14(20)9-16(13)21)11-18-22-17-6-4-3-5-15(17)19(25)23-18/h3-9,12H,10-11H2,1-2H3,(H,22,23,25). The van der Waals surface area contributed by atoms with Crippen molar-refractivity contribution in [3.05, 3.63) is 74.5 Å². The van der Waals surface area contributed by atoms with Crippen LogP contribution >= 0.6 is 15.9 Å². The lowest BCUT2D eigenvalue weighted by atomic mass is 10.1.